The highest BCUT2D eigenvalue weighted by molar-refractivity contribution is 6.31. The molecule has 0 aliphatic heterocycles. The summed E-state index contributed by atoms with van der Waals surface area (Å²) in [5.74, 6) is -0.172. The Morgan fingerprint density at radius 3 is 2.30 bits per heavy atom. The first kappa shape index (κ1) is 15.0. The highest BCUT2D eigenvalue weighted by Gasteiger charge is 2.19. The lowest BCUT2D eigenvalue weighted by Crippen LogP contribution is -2.20. The fourth-order valence-corrected chi connectivity index (χ4v) is 2.74. The summed E-state index contributed by atoms with van der Waals surface area (Å²) in [5, 5.41) is 3.93. The molecule has 20 heavy (non-hydrogen) atoms. The van der Waals surface area contributed by atoms with E-state index in [1.54, 1.807) is 6.07 Å². The van der Waals surface area contributed by atoms with Crippen LogP contribution in [-0.4, -0.2) is 7.05 Å². The first-order valence-corrected chi connectivity index (χ1v) is 7.01. The van der Waals surface area contributed by atoms with Gasteiger partial charge in [0.1, 0.15) is 5.82 Å². The van der Waals surface area contributed by atoms with Gasteiger partial charge in [0.25, 0.3) is 0 Å². The molecule has 1 unspecified atom stereocenters. The molecule has 0 aliphatic rings. The molecule has 0 aromatic heterocycles. The van der Waals surface area contributed by atoms with Crippen LogP contribution in [-0.2, 0) is 0 Å². The van der Waals surface area contributed by atoms with Gasteiger partial charge in [0.05, 0.1) is 6.04 Å². The highest BCUT2D eigenvalue weighted by Crippen LogP contribution is 2.30. The van der Waals surface area contributed by atoms with Crippen molar-refractivity contribution in [1.29, 1.82) is 0 Å². The van der Waals surface area contributed by atoms with Crippen LogP contribution in [0.3, 0.4) is 0 Å². The molecular formula is C17H19ClFN. The molecule has 0 saturated heterocycles. The molecule has 2 aromatic carbocycles. The van der Waals surface area contributed by atoms with Gasteiger partial charge in [0, 0.05) is 10.6 Å². The van der Waals surface area contributed by atoms with E-state index < -0.39 is 0 Å². The van der Waals surface area contributed by atoms with Gasteiger partial charge in [-0.15, -0.1) is 0 Å². The van der Waals surface area contributed by atoms with Crippen LogP contribution in [0, 0.1) is 26.6 Å². The number of benzene rings is 2. The summed E-state index contributed by atoms with van der Waals surface area (Å²) in [6.45, 7) is 5.80. The van der Waals surface area contributed by atoms with Crippen LogP contribution in [0.4, 0.5) is 4.39 Å². The Kier molecular flexibility index (Phi) is 4.46. The second-order valence-corrected chi connectivity index (χ2v) is 5.61. The normalized spacial score (nSPS) is 12.5. The zero-order valence-corrected chi connectivity index (χ0v) is 13.0. The Hall–Kier alpha value is -1.38. The van der Waals surface area contributed by atoms with Crippen molar-refractivity contribution in [2.24, 2.45) is 0 Å². The first-order chi connectivity index (χ1) is 9.43. The van der Waals surface area contributed by atoms with Gasteiger partial charge in [-0.05, 0) is 62.2 Å². The second-order valence-electron chi connectivity index (χ2n) is 5.21. The molecule has 0 heterocycles. The summed E-state index contributed by atoms with van der Waals surface area (Å²) >= 11 is 6.06. The minimum Gasteiger partial charge on any atom is -0.309 e. The Morgan fingerprint density at radius 1 is 1.05 bits per heavy atom. The van der Waals surface area contributed by atoms with E-state index in [-0.39, 0.29) is 11.9 Å². The van der Waals surface area contributed by atoms with Crippen molar-refractivity contribution >= 4 is 11.6 Å². The molecule has 0 fully saturated rings. The van der Waals surface area contributed by atoms with Crippen molar-refractivity contribution < 1.29 is 4.39 Å². The maximum Gasteiger partial charge on any atom is 0.128 e. The number of halogens is 2. The molecule has 2 aromatic rings. The predicted molar refractivity (Wildman–Crippen MR) is 83.0 cm³/mol. The zero-order chi connectivity index (χ0) is 14.9. The molecule has 1 N–H and O–H groups in total. The maximum absolute atomic E-state index is 14.3. The minimum absolute atomic E-state index is 0.172. The van der Waals surface area contributed by atoms with Gasteiger partial charge in [0.2, 0.25) is 0 Å². The molecule has 0 bridgehead atoms. The van der Waals surface area contributed by atoms with E-state index in [0.717, 1.165) is 27.3 Å². The molecular weight excluding hydrogens is 273 g/mol. The fourth-order valence-electron chi connectivity index (χ4n) is 2.62. The summed E-state index contributed by atoms with van der Waals surface area (Å²) in [6, 6.07) is 9.21. The highest BCUT2D eigenvalue weighted by atomic mass is 35.5. The topological polar surface area (TPSA) is 12.0 Å². The van der Waals surface area contributed by atoms with Gasteiger partial charge >= 0.3 is 0 Å². The van der Waals surface area contributed by atoms with Crippen molar-refractivity contribution in [3.8, 4) is 0 Å². The van der Waals surface area contributed by atoms with Crippen LogP contribution < -0.4 is 5.32 Å². The SMILES string of the molecule is CNC(c1ccc(Cl)c(C)c1)c1c(C)cc(C)cc1F. The van der Waals surface area contributed by atoms with Gasteiger partial charge in [-0.25, -0.2) is 4.39 Å². The van der Waals surface area contributed by atoms with Crippen molar-refractivity contribution in [3.05, 3.63) is 69.0 Å². The molecule has 0 radical (unpaired) electrons. The Labute approximate surface area is 124 Å². The largest absolute Gasteiger partial charge is 0.309 e. The average Bonchev–Trinajstić information content (AvgIpc) is 2.37. The zero-order valence-electron chi connectivity index (χ0n) is 12.2. The molecule has 0 spiro atoms. The molecule has 1 atom stereocenters. The van der Waals surface area contributed by atoms with Gasteiger partial charge in [0.15, 0.2) is 0 Å². The van der Waals surface area contributed by atoms with Gasteiger partial charge in [-0.2, -0.15) is 0 Å². The van der Waals surface area contributed by atoms with Crippen LogP contribution in [0.1, 0.15) is 33.9 Å². The lowest BCUT2D eigenvalue weighted by Gasteiger charge is -2.21. The predicted octanol–water partition coefficient (Wildman–Crippen LogP) is 4.71. The lowest BCUT2D eigenvalue weighted by atomic mass is 9.92. The molecule has 2 rings (SSSR count). The quantitative estimate of drug-likeness (QED) is 0.863. The third-order valence-corrected chi connectivity index (χ3v) is 4.00. The average molecular weight is 292 g/mol. The summed E-state index contributed by atoms with van der Waals surface area (Å²) in [5.41, 5.74) is 4.59. The summed E-state index contributed by atoms with van der Waals surface area (Å²) < 4.78 is 14.3. The third kappa shape index (κ3) is 2.87. The van der Waals surface area contributed by atoms with E-state index in [4.69, 9.17) is 11.6 Å². The number of nitrogens with one attached hydrogen (secondary N) is 1. The third-order valence-electron chi connectivity index (χ3n) is 3.57. The van der Waals surface area contributed by atoms with E-state index in [0.29, 0.717) is 5.56 Å². The van der Waals surface area contributed by atoms with Crippen molar-refractivity contribution in [2.75, 3.05) is 7.05 Å². The molecule has 0 aliphatic carbocycles. The molecule has 0 amide bonds. The van der Waals surface area contributed by atoms with Crippen molar-refractivity contribution in [3.63, 3.8) is 0 Å². The van der Waals surface area contributed by atoms with Gasteiger partial charge < -0.3 is 5.32 Å². The van der Waals surface area contributed by atoms with E-state index in [1.165, 1.54) is 0 Å². The fraction of sp³-hybridized carbons (Fsp3) is 0.294. The van der Waals surface area contributed by atoms with Crippen LogP contribution in [0.2, 0.25) is 5.02 Å². The summed E-state index contributed by atoms with van der Waals surface area (Å²) in [7, 11) is 1.84. The number of aryl methyl sites for hydroxylation is 3. The Balaban J connectivity index is 2.55. The van der Waals surface area contributed by atoms with Crippen LogP contribution in [0.5, 0.6) is 0 Å². The van der Waals surface area contributed by atoms with Crippen molar-refractivity contribution in [2.45, 2.75) is 26.8 Å². The van der Waals surface area contributed by atoms with Gasteiger partial charge in [-0.3, -0.25) is 0 Å². The van der Waals surface area contributed by atoms with Crippen LogP contribution in [0.15, 0.2) is 30.3 Å². The maximum atomic E-state index is 14.3. The number of hydrogen-bond donors (Lipinski definition) is 1. The smallest absolute Gasteiger partial charge is 0.128 e. The van der Waals surface area contributed by atoms with E-state index in [2.05, 4.69) is 5.32 Å². The standard InChI is InChI=1S/C17H19ClFN/c1-10-7-12(3)16(15(19)8-10)17(20-4)13-5-6-14(18)11(2)9-13/h5-9,17,20H,1-4H3. The molecule has 0 saturated carbocycles. The summed E-state index contributed by atoms with van der Waals surface area (Å²) in [4.78, 5) is 0. The summed E-state index contributed by atoms with van der Waals surface area (Å²) in [6.07, 6.45) is 0. The Bertz CT molecular complexity index is 614. The first-order valence-electron chi connectivity index (χ1n) is 6.64. The van der Waals surface area contributed by atoms with E-state index in [9.17, 15) is 4.39 Å². The number of rotatable bonds is 3. The monoisotopic (exact) mass is 291 g/mol. The molecule has 106 valence electrons. The van der Waals surface area contributed by atoms with E-state index in [1.807, 2.05) is 52.1 Å². The minimum atomic E-state index is -0.174. The van der Waals surface area contributed by atoms with Gasteiger partial charge in [-0.1, -0.05) is 29.8 Å². The van der Waals surface area contributed by atoms with E-state index >= 15 is 0 Å². The van der Waals surface area contributed by atoms with Crippen LogP contribution in [0.25, 0.3) is 0 Å². The molecule has 3 heteroatoms. The second kappa shape index (κ2) is 5.94. The van der Waals surface area contributed by atoms with Crippen molar-refractivity contribution in [1.82, 2.24) is 5.32 Å². The van der Waals surface area contributed by atoms with Crippen LogP contribution >= 0.6 is 11.6 Å². The molecule has 1 nitrogen and oxygen atoms in total. The Morgan fingerprint density at radius 2 is 1.75 bits per heavy atom. The number of hydrogen-bond acceptors (Lipinski definition) is 1. The lowest BCUT2D eigenvalue weighted by molar-refractivity contribution is 0.572.